The molecule has 1 heterocycles. The van der Waals surface area contributed by atoms with E-state index in [1.807, 2.05) is 0 Å². The number of carbonyl (C=O) groups is 4. The third kappa shape index (κ3) is 8.04. The number of carboxylic acids is 2. The Bertz CT molecular complexity index is 2140. The molecule has 0 unspecified atom stereocenters. The van der Waals surface area contributed by atoms with Crippen LogP contribution in [-0.2, 0) is 41.5 Å². The first-order chi connectivity index (χ1) is 25.0. The number of benzene rings is 4. The predicted octanol–water partition coefficient (Wildman–Crippen LogP) is 3.22. The fourth-order valence-corrected chi connectivity index (χ4v) is 5.53. The zero-order valence-corrected chi connectivity index (χ0v) is 27.0. The molecule has 0 saturated heterocycles. The van der Waals surface area contributed by atoms with Crippen LogP contribution < -0.4 is 4.74 Å². The highest BCUT2D eigenvalue weighted by Crippen LogP contribution is 2.53. The van der Waals surface area contributed by atoms with Crippen molar-refractivity contribution in [1.29, 1.82) is 0 Å². The number of hydrogen-bond acceptors (Lipinski definition) is 15. The van der Waals surface area contributed by atoms with Crippen molar-refractivity contribution in [2.45, 2.75) is 37.1 Å². The van der Waals surface area contributed by atoms with Gasteiger partial charge in [-0.25, -0.2) is 14.4 Å². The van der Waals surface area contributed by atoms with E-state index in [1.54, 1.807) is 0 Å². The van der Waals surface area contributed by atoms with Gasteiger partial charge in [0, 0.05) is 18.4 Å². The third-order valence-corrected chi connectivity index (χ3v) is 8.13. The summed E-state index contributed by atoms with van der Waals surface area (Å²) in [5.74, 6) is -13.2. The lowest BCUT2D eigenvalue weighted by molar-refractivity contribution is -0.166. The molecule has 4 aromatic rings. The first-order valence-electron chi connectivity index (χ1n) is 15.4. The maximum atomic E-state index is 14.0. The number of fused-ring (bicyclic) bond motifs is 1. The lowest BCUT2D eigenvalue weighted by atomic mass is 9.87. The fourth-order valence-electron chi connectivity index (χ4n) is 5.53. The smallest absolute Gasteiger partial charge is 0.374 e. The van der Waals surface area contributed by atoms with Crippen molar-refractivity contribution in [1.82, 2.24) is 0 Å². The van der Waals surface area contributed by atoms with Crippen LogP contribution in [0.2, 0.25) is 0 Å². The summed E-state index contributed by atoms with van der Waals surface area (Å²) in [7, 11) is 0. The summed E-state index contributed by atoms with van der Waals surface area (Å²) in [6.45, 7) is 0. The van der Waals surface area contributed by atoms with Gasteiger partial charge in [0.1, 0.15) is 12.0 Å². The molecule has 4 atom stereocenters. The van der Waals surface area contributed by atoms with E-state index < -0.39 is 107 Å². The molecule has 0 fully saturated rings. The molecule has 0 aliphatic carbocycles. The van der Waals surface area contributed by atoms with Gasteiger partial charge in [-0.2, -0.15) is 0 Å². The van der Waals surface area contributed by atoms with Crippen molar-refractivity contribution >= 4 is 30.0 Å². The van der Waals surface area contributed by atoms with E-state index in [1.165, 1.54) is 18.2 Å². The van der Waals surface area contributed by atoms with E-state index in [9.17, 15) is 70.2 Å². The molecular weight excluding hydrogens is 704 g/mol. The summed E-state index contributed by atoms with van der Waals surface area (Å²) in [6, 6.07) is 12.4. The molecule has 10 N–H and O–H groups in total. The molecule has 0 bridgehead atoms. The number of phenols is 7. The Hall–Kier alpha value is -7.30. The predicted molar refractivity (Wildman–Crippen MR) is 177 cm³/mol. The van der Waals surface area contributed by atoms with Crippen LogP contribution >= 0.6 is 0 Å². The number of hydrogen-bond donors (Lipinski definition) is 10. The Morgan fingerprint density at radius 2 is 1.11 bits per heavy atom. The Morgan fingerprint density at radius 3 is 1.62 bits per heavy atom. The van der Waals surface area contributed by atoms with Crippen LogP contribution in [0.25, 0.3) is 6.08 Å². The standard InChI is InChI=1S/C36H30O17/c37-19-5-1-15(9-23(19)41)11-27(33(45)46)51-35(49)26(44)13-17-3-8-22(40)32-29(17)30(31(53-32)18-4-7-21(39)25(43)14-18)36(50)52-28(34(47)48)12-16-2-6-20(38)24(42)10-16/h1-10,13-14,27-28,30-31,37-44H,11-12H2,(H,45,46)(H,47,48)/b26-13-/t27-,28-,30+,31-/m1/s1. The van der Waals surface area contributed by atoms with Gasteiger partial charge >= 0.3 is 23.9 Å². The zero-order valence-electron chi connectivity index (χ0n) is 27.0. The molecule has 0 radical (unpaired) electrons. The Labute approximate surface area is 297 Å². The number of aliphatic hydroxyl groups excluding tert-OH is 1. The topological polar surface area (TPSA) is 298 Å². The maximum absolute atomic E-state index is 14.0. The van der Waals surface area contributed by atoms with Crippen LogP contribution in [0.4, 0.5) is 0 Å². The fraction of sp³-hybridized carbons (Fsp3) is 0.167. The molecule has 1 aliphatic heterocycles. The quantitative estimate of drug-likeness (QED) is 0.0432. The number of aliphatic carboxylic acids is 2. The Morgan fingerprint density at radius 1 is 0.623 bits per heavy atom. The van der Waals surface area contributed by atoms with Crippen LogP contribution in [0.1, 0.15) is 39.8 Å². The van der Waals surface area contributed by atoms with Gasteiger partial charge in [0.2, 0.25) is 18.0 Å². The van der Waals surface area contributed by atoms with Crippen molar-refractivity contribution in [3.8, 4) is 46.0 Å². The summed E-state index contributed by atoms with van der Waals surface area (Å²) in [4.78, 5) is 51.0. The number of ether oxygens (including phenoxy) is 3. The van der Waals surface area contributed by atoms with Gasteiger partial charge in [-0.1, -0.05) is 24.3 Å². The van der Waals surface area contributed by atoms with Crippen molar-refractivity contribution in [3.05, 3.63) is 100 Å². The second-order valence-electron chi connectivity index (χ2n) is 11.8. The first-order valence-corrected chi connectivity index (χ1v) is 15.4. The van der Waals surface area contributed by atoms with E-state index in [-0.39, 0.29) is 33.6 Å². The molecule has 0 saturated carbocycles. The van der Waals surface area contributed by atoms with Gasteiger partial charge in [0.25, 0.3) is 0 Å². The van der Waals surface area contributed by atoms with Crippen molar-refractivity contribution in [2.24, 2.45) is 0 Å². The average molecular weight is 735 g/mol. The monoisotopic (exact) mass is 734 g/mol. The summed E-state index contributed by atoms with van der Waals surface area (Å²) in [5.41, 5.74) is -0.114. The van der Waals surface area contributed by atoms with E-state index >= 15 is 0 Å². The molecule has 17 nitrogen and oxygen atoms in total. The number of aromatic hydroxyl groups is 7. The minimum Gasteiger partial charge on any atom is -0.504 e. The first kappa shape index (κ1) is 37.0. The summed E-state index contributed by atoms with van der Waals surface area (Å²) >= 11 is 0. The number of esters is 2. The minimum absolute atomic E-state index is 0.0244. The molecule has 0 amide bonds. The second-order valence-corrected chi connectivity index (χ2v) is 11.8. The van der Waals surface area contributed by atoms with Gasteiger partial charge < -0.3 is 65.3 Å². The van der Waals surface area contributed by atoms with Gasteiger partial charge in [-0.3, -0.25) is 4.79 Å². The number of phenolic OH excluding ortho intramolecular Hbond substituents is 7. The summed E-state index contributed by atoms with van der Waals surface area (Å²) in [6.07, 6.45) is -5.49. The number of rotatable bonds is 12. The van der Waals surface area contributed by atoms with E-state index in [2.05, 4.69) is 0 Å². The SMILES string of the molecule is O=C(O[C@H](Cc1ccc(O)c(O)c1)C(=O)O)/C(O)=C/c1ccc(O)c2c1[C@H](C(=O)O[C@H](Cc1ccc(O)c(O)c1)C(=O)O)[C@@H](c1ccc(O)c(O)c1)O2. The van der Waals surface area contributed by atoms with Gasteiger partial charge in [0.05, 0.1) is 0 Å². The highest BCUT2D eigenvalue weighted by Gasteiger charge is 2.46. The lowest BCUT2D eigenvalue weighted by Gasteiger charge is -2.22. The number of aliphatic hydroxyl groups is 1. The Kier molecular flexibility index (Phi) is 10.4. The molecule has 4 aromatic carbocycles. The second kappa shape index (κ2) is 14.9. The highest BCUT2D eigenvalue weighted by atomic mass is 16.6. The van der Waals surface area contributed by atoms with Gasteiger partial charge in [-0.05, 0) is 70.8 Å². The Balaban J connectivity index is 1.51. The van der Waals surface area contributed by atoms with E-state index in [0.29, 0.717) is 0 Å². The molecular formula is C36H30O17. The molecule has 0 spiro atoms. The number of carbonyl (C=O) groups excluding carboxylic acids is 2. The lowest BCUT2D eigenvalue weighted by Crippen LogP contribution is -2.33. The van der Waals surface area contributed by atoms with E-state index in [0.717, 1.165) is 54.6 Å². The van der Waals surface area contributed by atoms with Crippen LogP contribution in [0.15, 0.2) is 72.5 Å². The van der Waals surface area contributed by atoms with Crippen molar-refractivity contribution in [2.75, 3.05) is 0 Å². The largest absolute Gasteiger partial charge is 0.504 e. The molecule has 276 valence electrons. The van der Waals surface area contributed by atoms with Gasteiger partial charge in [-0.15, -0.1) is 0 Å². The average Bonchev–Trinajstić information content (AvgIpc) is 3.51. The maximum Gasteiger partial charge on any atom is 0.374 e. The van der Waals surface area contributed by atoms with Crippen LogP contribution in [0, 0.1) is 0 Å². The van der Waals surface area contributed by atoms with Crippen molar-refractivity contribution < 1.29 is 84.5 Å². The molecule has 5 rings (SSSR count). The summed E-state index contributed by atoms with van der Waals surface area (Å²) < 4.78 is 16.3. The molecule has 1 aliphatic rings. The molecule has 0 aromatic heterocycles. The minimum atomic E-state index is -1.90. The van der Waals surface area contributed by atoms with Crippen LogP contribution in [0.3, 0.4) is 0 Å². The highest BCUT2D eigenvalue weighted by molar-refractivity contribution is 5.94. The van der Waals surface area contributed by atoms with Gasteiger partial charge in [0.15, 0.2) is 46.0 Å². The van der Waals surface area contributed by atoms with Crippen LogP contribution in [0.5, 0.6) is 46.0 Å². The summed E-state index contributed by atoms with van der Waals surface area (Å²) in [5, 5.41) is 99.9. The van der Waals surface area contributed by atoms with E-state index in [4.69, 9.17) is 14.2 Å². The van der Waals surface area contributed by atoms with Crippen molar-refractivity contribution in [3.63, 3.8) is 0 Å². The zero-order chi connectivity index (χ0) is 38.7. The van der Waals surface area contributed by atoms with Crippen LogP contribution in [-0.4, -0.2) is 87.2 Å². The third-order valence-electron chi connectivity index (χ3n) is 8.13. The normalized spacial score (nSPS) is 16.1. The molecule has 17 heteroatoms. The number of carboxylic acid groups (broad SMARTS) is 2. The molecule has 53 heavy (non-hydrogen) atoms.